The largest absolute Gasteiger partial charge is 0.394 e. The summed E-state index contributed by atoms with van der Waals surface area (Å²) in [6, 6.07) is 10.7. The van der Waals surface area contributed by atoms with Crippen molar-refractivity contribution in [1.29, 1.82) is 0 Å². The smallest absolute Gasteiger partial charge is 0.104 e. The number of rotatable bonds is 2. The third-order valence-electron chi connectivity index (χ3n) is 3.24. The highest BCUT2D eigenvalue weighted by Gasteiger charge is 2.31. The van der Waals surface area contributed by atoms with E-state index in [1.165, 1.54) is 5.56 Å². The summed E-state index contributed by atoms with van der Waals surface area (Å²) in [6.45, 7) is 11.4. The Kier molecular flexibility index (Phi) is 6.58. The normalized spacial score (nSPS) is 12.1. The minimum atomic E-state index is -0.167. The number of hydrogen-bond donors (Lipinski definition) is 1. The maximum Gasteiger partial charge on any atom is 0.104 e. The minimum Gasteiger partial charge on any atom is -0.394 e. The molecule has 0 saturated heterocycles. The average Bonchev–Trinajstić information content (AvgIpc) is 2.15. The van der Waals surface area contributed by atoms with Crippen LogP contribution < -0.4 is 0 Å². The van der Waals surface area contributed by atoms with E-state index in [0.29, 0.717) is 0 Å². The first-order valence-electron chi connectivity index (χ1n) is 6.61. The molecule has 0 fully saturated rings. The van der Waals surface area contributed by atoms with E-state index in [1.807, 2.05) is 0 Å². The Morgan fingerprint density at radius 1 is 1.06 bits per heavy atom. The van der Waals surface area contributed by atoms with Crippen molar-refractivity contribution in [2.75, 3.05) is 14.1 Å². The molecule has 0 amide bonds. The molecule has 2 nitrogen and oxygen atoms in total. The lowest BCUT2D eigenvalue weighted by molar-refractivity contribution is -0.948. The molecule has 0 aliphatic carbocycles. The van der Waals surface area contributed by atoms with Crippen molar-refractivity contribution in [2.24, 2.45) is 0 Å². The van der Waals surface area contributed by atoms with Gasteiger partial charge in [-0.3, -0.25) is 0 Å². The number of aliphatic hydroxyl groups is 1. The molecule has 1 rings (SSSR count). The fourth-order valence-corrected chi connectivity index (χ4v) is 1.28. The molecule has 0 unspecified atom stereocenters. The molecule has 0 aromatic heterocycles. The maximum absolute atomic E-state index is 8.06. The Morgan fingerprint density at radius 3 is 1.78 bits per heavy atom. The summed E-state index contributed by atoms with van der Waals surface area (Å²) >= 11 is 0. The lowest BCUT2D eigenvalue weighted by atomic mass is 10.0. The summed E-state index contributed by atoms with van der Waals surface area (Å²) in [6.07, 6.45) is -0.167. The molecule has 1 N–H and O–H groups in total. The molecule has 18 heavy (non-hydrogen) atoms. The SMILES string of the molecule is CC(C)(C)[N+](C)(C)Cc1ccccc1.CC(C)O. The van der Waals surface area contributed by atoms with E-state index in [2.05, 4.69) is 65.2 Å². The maximum atomic E-state index is 8.06. The van der Waals surface area contributed by atoms with Gasteiger partial charge in [0.15, 0.2) is 0 Å². The predicted octanol–water partition coefficient (Wildman–Crippen LogP) is 3.45. The van der Waals surface area contributed by atoms with Crippen molar-refractivity contribution in [3.8, 4) is 0 Å². The van der Waals surface area contributed by atoms with Crippen molar-refractivity contribution < 1.29 is 9.59 Å². The zero-order valence-corrected chi connectivity index (χ0v) is 13.1. The van der Waals surface area contributed by atoms with E-state index in [1.54, 1.807) is 13.8 Å². The van der Waals surface area contributed by atoms with Gasteiger partial charge in [0, 0.05) is 11.7 Å². The van der Waals surface area contributed by atoms with Crippen LogP contribution in [0.3, 0.4) is 0 Å². The third kappa shape index (κ3) is 6.77. The number of benzene rings is 1. The molecule has 1 aromatic rings. The lowest BCUT2D eigenvalue weighted by Crippen LogP contribution is -2.53. The van der Waals surface area contributed by atoms with Gasteiger partial charge in [-0.2, -0.15) is 0 Å². The summed E-state index contributed by atoms with van der Waals surface area (Å²) in [5.41, 5.74) is 1.70. The molecular weight excluding hydrogens is 222 g/mol. The van der Waals surface area contributed by atoms with Crippen molar-refractivity contribution in [3.05, 3.63) is 35.9 Å². The highest BCUT2D eigenvalue weighted by Crippen LogP contribution is 2.22. The van der Waals surface area contributed by atoms with Gasteiger partial charge in [0.05, 0.1) is 19.6 Å². The monoisotopic (exact) mass is 252 g/mol. The highest BCUT2D eigenvalue weighted by molar-refractivity contribution is 5.13. The van der Waals surface area contributed by atoms with Crippen LogP contribution >= 0.6 is 0 Å². The van der Waals surface area contributed by atoms with Gasteiger partial charge >= 0.3 is 0 Å². The molecule has 0 aliphatic heterocycles. The number of quaternary nitrogens is 1. The fourth-order valence-electron chi connectivity index (χ4n) is 1.28. The number of hydrogen-bond acceptors (Lipinski definition) is 1. The third-order valence-corrected chi connectivity index (χ3v) is 3.24. The van der Waals surface area contributed by atoms with E-state index in [-0.39, 0.29) is 11.6 Å². The average molecular weight is 252 g/mol. The van der Waals surface area contributed by atoms with Crippen LogP contribution in [0, 0.1) is 0 Å². The number of aliphatic hydroxyl groups excluding tert-OH is 1. The second kappa shape index (κ2) is 6.91. The molecule has 2 heteroatoms. The molecule has 0 radical (unpaired) electrons. The fraction of sp³-hybridized carbons (Fsp3) is 0.625. The highest BCUT2D eigenvalue weighted by atomic mass is 16.3. The van der Waals surface area contributed by atoms with Crippen LogP contribution in [-0.4, -0.2) is 35.3 Å². The lowest BCUT2D eigenvalue weighted by Gasteiger charge is -2.42. The van der Waals surface area contributed by atoms with Gasteiger partial charge in [-0.05, 0) is 34.6 Å². The summed E-state index contributed by atoms with van der Waals surface area (Å²) in [5.74, 6) is 0. The van der Waals surface area contributed by atoms with E-state index < -0.39 is 0 Å². The van der Waals surface area contributed by atoms with Gasteiger partial charge in [-0.15, -0.1) is 0 Å². The zero-order valence-electron chi connectivity index (χ0n) is 13.1. The molecule has 0 aliphatic rings. The standard InChI is InChI=1S/C13H22N.C3H8O/c1-13(2,3)14(4,5)11-12-9-7-6-8-10-12;1-3(2)4/h6-10H,11H2,1-5H3;3-4H,1-2H3/q+1;. The predicted molar refractivity (Wildman–Crippen MR) is 79.4 cm³/mol. The van der Waals surface area contributed by atoms with Gasteiger partial charge < -0.3 is 9.59 Å². The van der Waals surface area contributed by atoms with Gasteiger partial charge in [0.1, 0.15) is 6.54 Å². The van der Waals surface area contributed by atoms with E-state index in [4.69, 9.17) is 5.11 Å². The van der Waals surface area contributed by atoms with Crippen molar-refractivity contribution in [3.63, 3.8) is 0 Å². The second-order valence-electron chi connectivity index (χ2n) is 6.59. The second-order valence-corrected chi connectivity index (χ2v) is 6.59. The summed E-state index contributed by atoms with van der Waals surface area (Å²) in [7, 11) is 4.57. The first-order chi connectivity index (χ1) is 8.06. The van der Waals surface area contributed by atoms with Crippen LogP contribution in [0.2, 0.25) is 0 Å². The van der Waals surface area contributed by atoms with Crippen LogP contribution in [0.1, 0.15) is 40.2 Å². The molecule has 0 spiro atoms. The van der Waals surface area contributed by atoms with E-state index in [9.17, 15) is 0 Å². The van der Waals surface area contributed by atoms with Crippen LogP contribution in [0.5, 0.6) is 0 Å². The molecule has 0 atom stereocenters. The Bertz CT molecular complexity index is 320. The summed E-state index contributed by atoms with van der Waals surface area (Å²) in [4.78, 5) is 0. The molecular formula is C16H30NO+. The van der Waals surface area contributed by atoms with Gasteiger partial charge in [0.2, 0.25) is 0 Å². The summed E-state index contributed by atoms with van der Waals surface area (Å²) in [5, 5.41) is 8.06. The molecule has 104 valence electrons. The topological polar surface area (TPSA) is 20.2 Å². The van der Waals surface area contributed by atoms with Crippen LogP contribution in [-0.2, 0) is 6.54 Å². The first kappa shape index (κ1) is 17.1. The van der Waals surface area contributed by atoms with E-state index >= 15 is 0 Å². The molecule has 0 saturated carbocycles. The molecule has 0 heterocycles. The first-order valence-corrected chi connectivity index (χ1v) is 6.61. The van der Waals surface area contributed by atoms with E-state index in [0.717, 1.165) is 11.0 Å². The van der Waals surface area contributed by atoms with Gasteiger partial charge in [-0.25, -0.2) is 0 Å². The van der Waals surface area contributed by atoms with Crippen LogP contribution in [0.15, 0.2) is 30.3 Å². The number of nitrogens with zero attached hydrogens (tertiary/aromatic N) is 1. The van der Waals surface area contributed by atoms with Gasteiger partial charge in [-0.1, -0.05) is 30.3 Å². The van der Waals surface area contributed by atoms with Crippen molar-refractivity contribution in [1.82, 2.24) is 0 Å². The Labute approximate surface area is 113 Å². The molecule has 0 bridgehead atoms. The summed E-state index contributed by atoms with van der Waals surface area (Å²) < 4.78 is 1.01. The van der Waals surface area contributed by atoms with Crippen molar-refractivity contribution in [2.45, 2.75) is 52.8 Å². The van der Waals surface area contributed by atoms with Crippen LogP contribution in [0.25, 0.3) is 0 Å². The Balaban J connectivity index is 0.000000631. The zero-order chi connectivity index (χ0) is 14.4. The molecule has 1 aromatic carbocycles. The Morgan fingerprint density at radius 2 is 1.44 bits per heavy atom. The Hall–Kier alpha value is -0.860. The van der Waals surface area contributed by atoms with Crippen LogP contribution in [0.4, 0.5) is 0 Å². The van der Waals surface area contributed by atoms with Gasteiger partial charge in [0.25, 0.3) is 0 Å². The minimum absolute atomic E-state index is 0.167. The quantitative estimate of drug-likeness (QED) is 0.799. The van der Waals surface area contributed by atoms with Crippen molar-refractivity contribution >= 4 is 0 Å².